The zero-order valence-corrected chi connectivity index (χ0v) is 14.4. The molecule has 3 aromatic rings. The first-order valence-corrected chi connectivity index (χ1v) is 8.52. The van der Waals surface area contributed by atoms with Gasteiger partial charge in [-0.05, 0) is 37.3 Å². The fraction of sp³-hybridized carbons (Fsp3) is 0.133. The quantitative estimate of drug-likeness (QED) is 0.671. The van der Waals surface area contributed by atoms with Crippen LogP contribution in [0.25, 0.3) is 0 Å². The zero-order chi connectivity index (χ0) is 18.3. The number of benzene rings is 1. The first-order chi connectivity index (χ1) is 11.9. The number of nitrogens with two attached hydrogens (primary N) is 1. The molecule has 0 unspecified atom stereocenters. The number of sulfonamides is 1. The lowest BCUT2D eigenvalue weighted by atomic mass is 10.3. The van der Waals surface area contributed by atoms with Crippen LogP contribution in [0.4, 0.5) is 11.5 Å². The van der Waals surface area contributed by atoms with Crippen molar-refractivity contribution in [1.29, 1.82) is 0 Å². The Hall–Kier alpha value is -3.14. The maximum atomic E-state index is 11.9. The third-order valence-corrected chi connectivity index (χ3v) is 4.18. The number of ether oxygens (including phenoxy) is 1. The lowest BCUT2D eigenvalue weighted by Crippen LogP contribution is -2.13. The number of nitrogen functional groups attached to an aromatic ring is 1. The third kappa shape index (κ3) is 5.46. The first kappa shape index (κ1) is 18.2. The third-order valence-electron chi connectivity index (χ3n) is 2.81. The van der Waals surface area contributed by atoms with Crippen molar-refractivity contribution in [2.24, 2.45) is 0 Å². The predicted octanol–water partition coefficient (Wildman–Crippen LogP) is 1.85. The summed E-state index contributed by atoms with van der Waals surface area (Å²) in [7, 11) is -2.09. The maximum Gasteiger partial charge on any atom is 0.263 e. The van der Waals surface area contributed by atoms with Crippen LogP contribution in [0.5, 0.6) is 5.88 Å². The summed E-state index contributed by atoms with van der Waals surface area (Å²) in [6.07, 6.45) is 1.60. The molecule has 0 fully saturated rings. The lowest BCUT2D eigenvalue weighted by Gasteiger charge is -2.04. The van der Waals surface area contributed by atoms with E-state index in [1.54, 1.807) is 32.4 Å². The van der Waals surface area contributed by atoms with Gasteiger partial charge in [-0.25, -0.2) is 8.42 Å². The molecule has 1 aromatic carbocycles. The summed E-state index contributed by atoms with van der Waals surface area (Å²) in [6.45, 7) is 1.67. The number of rotatable bonds is 4. The van der Waals surface area contributed by atoms with E-state index in [0.29, 0.717) is 17.3 Å². The number of aromatic nitrogens is 3. The van der Waals surface area contributed by atoms with Gasteiger partial charge in [0.1, 0.15) is 5.76 Å². The maximum absolute atomic E-state index is 11.9. The van der Waals surface area contributed by atoms with Crippen LogP contribution >= 0.6 is 0 Å². The summed E-state index contributed by atoms with van der Waals surface area (Å²) >= 11 is 0. The smallest absolute Gasteiger partial charge is 0.263 e. The van der Waals surface area contributed by atoms with Gasteiger partial charge >= 0.3 is 0 Å². The van der Waals surface area contributed by atoms with E-state index in [1.165, 1.54) is 30.3 Å². The molecule has 0 aliphatic rings. The monoisotopic (exact) mass is 363 g/mol. The Labute approximate surface area is 144 Å². The summed E-state index contributed by atoms with van der Waals surface area (Å²) in [6, 6.07) is 10.9. The van der Waals surface area contributed by atoms with Crippen LogP contribution in [-0.2, 0) is 10.0 Å². The van der Waals surface area contributed by atoms with Gasteiger partial charge in [0, 0.05) is 24.0 Å². The molecule has 0 bridgehead atoms. The molecule has 3 N–H and O–H groups in total. The molecule has 0 amide bonds. The molecule has 2 heterocycles. The Balaban J connectivity index is 0.000000236. The Morgan fingerprint density at radius 1 is 1.20 bits per heavy atom. The Bertz CT molecular complexity index is 895. The number of methoxy groups -OCH3 is 1. The van der Waals surface area contributed by atoms with Gasteiger partial charge in [0.25, 0.3) is 10.0 Å². The molecule has 2 aromatic heterocycles. The minimum absolute atomic E-state index is 0.118. The van der Waals surface area contributed by atoms with E-state index < -0.39 is 10.0 Å². The molecule has 0 aliphatic heterocycles. The largest absolute Gasteiger partial charge is 0.480 e. The van der Waals surface area contributed by atoms with Crippen LogP contribution in [0.1, 0.15) is 5.76 Å². The molecule has 0 spiro atoms. The van der Waals surface area contributed by atoms with Gasteiger partial charge in [-0.15, -0.1) is 5.10 Å². The Morgan fingerprint density at radius 3 is 2.40 bits per heavy atom. The number of nitrogens with one attached hydrogen (secondary N) is 1. The van der Waals surface area contributed by atoms with Gasteiger partial charge in [-0.1, -0.05) is 5.16 Å². The SMILES string of the molecule is COc1cccnn1.Cc1cc(NS(=O)(=O)c2ccc(N)cc2)no1. The van der Waals surface area contributed by atoms with Crippen molar-refractivity contribution in [2.45, 2.75) is 11.8 Å². The Kier molecular flexibility index (Phi) is 5.90. The van der Waals surface area contributed by atoms with Crippen molar-refractivity contribution in [3.8, 4) is 5.88 Å². The standard InChI is InChI=1S/C10H11N3O3S.C5H6N2O/c1-7-6-10(12-16-7)13-17(14,15)9-4-2-8(11)3-5-9;1-8-5-3-2-4-6-7-5/h2-6H,11H2,1H3,(H,12,13);2-4H,1H3. The highest BCUT2D eigenvalue weighted by Crippen LogP contribution is 2.16. The van der Waals surface area contributed by atoms with Crippen molar-refractivity contribution < 1.29 is 17.7 Å². The predicted molar refractivity (Wildman–Crippen MR) is 91.5 cm³/mol. The molecule has 132 valence electrons. The zero-order valence-electron chi connectivity index (χ0n) is 13.6. The molecule has 0 saturated heterocycles. The van der Waals surface area contributed by atoms with Crippen LogP contribution < -0.4 is 15.2 Å². The molecule has 0 aliphatic carbocycles. The second kappa shape index (κ2) is 8.11. The van der Waals surface area contributed by atoms with Gasteiger partial charge in [-0.2, -0.15) is 5.10 Å². The summed E-state index contributed by atoms with van der Waals surface area (Å²) < 4.78 is 35.6. The molecule has 25 heavy (non-hydrogen) atoms. The highest BCUT2D eigenvalue weighted by Gasteiger charge is 2.15. The number of anilines is 2. The van der Waals surface area contributed by atoms with Gasteiger partial charge in [0.15, 0.2) is 5.82 Å². The topological polar surface area (TPSA) is 133 Å². The minimum atomic E-state index is -3.64. The van der Waals surface area contributed by atoms with E-state index in [-0.39, 0.29) is 10.7 Å². The van der Waals surface area contributed by atoms with E-state index >= 15 is 0 Å². The van der Waals surface area contributed by atoms with E-state index in [2.05, 4.69) is 20.1 Å². The van der Waals surface area contributed by atoms with E-state index in [1.807, 2.05) is 0 Å². The van der Waals surface area contributed by atoms with Crippen molar-refractivity contribution in [2.75, 3.05) is 17.6 Å². The molecular weight excluding hydrogens is 346 g/mol. The van der Waals surface area contributed by atoms with Crippen molar-refractivity contribution in [3.63, 3.8) is 0 Å². The molecule has 0 atom stereocenters. The van der Waals surface area contributed by atoms with Crippen molar-refractivity contribution in [3.05, 3.63) is 54.4 Å². The number of hydrogen-bond donors (Lipinski definition) is 2. The normalized spacial score (nSPS) is 10.5. The second-order valence-electron chi connectivity index (χ2n) is 4.76. The van der Waals surface area contributed by atoms with Gasteiger partial charge < -0.3 is 15.0 Å². The Morgan fingerprint density at radius 2 is 1.92 bits per heavy atom. The van der Waals surface area contributed by atoms with Crippen LogP contribution in [0.2, 0.25) is 0 Å². The average molecular weight is 363 g/mol. The highest BCUT2D eigenvalue weighted by atomic mass is 32.2. The van der Waals surface area contributed by atoms with Gasteiger partial charge in [0.05, 0.1) is 12.0 Å². The van der Waals surface area contributed by atoms with E-state index in [0.717, 1.165) is 0 Å². The van der Waals surface area contributed by atoms with Crippen LogP contribution in [0.3, 0.4) is 0 Å². The minimum Gasteiger partial charge on any atom is -0.480 e. The molecule has 9 nitrogen and oxygen atoms in total. The highest BCUT2D eigenvalue weighted by molar-refractivity contribution is 7.92. The molecule has 3 rings (SSSR count). The fourth-order valence-corrected chi connectivity index (χ4v) is 2.64. The fourth-order valence-electron chi connectivity index (χ4n) is 1.65. The van der Waals surface area contributed by atoms with Crippen LogP contribution in [0, 0.1) is 6.92 Å². The number of nitrogens with zero attached hydrogens (tertiary/aromatic N) is 3. The summed E-state index contributed by atoms with van der Waals surface area (Å²) in [4.78, 5) is 0.118. The second-order valence-corrected chi connectivity index (χ2v) is 6.45. The van der Waals surface area contributed by atoms with Crippen molar-refractivity contribution in [1.82, 2.24) is 15.4 Å². The first-order valence-electron chi connectivity index (χ1n) is 7.04. The molecule has 0 radical (unpaired) electrons. The van der Waals surface area contributed by atoms with E-state index in [4.69, 9.17) is 15.0 Å². The number of hydrogen-bond acceptors (Lipinski definition) is 8. The van der Waals surface area contributed by atoms with Crippen LogP contribution in [-0.4, -0.2) is 30.9 Å². The van der Waals surface area contributed by atoms with E-state index in [9.17, 15) is 8.42 Å². The molecule has 10 heteroatoms. The number of aryl methyl sites for hydroxylation is 1. The molecular formula is C15H17N5O4S. The summed E-state index contributed by atoms with van der Waals surface area (Å²) in [5.41, 5.74) is 5.98. The summed E-state index contributed by atoms with van der Waals surface area (Å²) in [5, 5.41) is 10.8. The van der Waals surface area contributed by atoms with Gasteiger partial charge in [0.2, 0.25) is 5.88 Å². The molecule has 0 saturated carbocycles. The lowest BCUT2D eigenvalue weighted by molar-refractivity contribution is 0.392. The van der Waals surface area contributed by atoms with Gasteiger partial charge in [-0.3, -0.25) is 4.72 Å². The van der Waals surface area contributed by atoms with Crippen LogP contribution in [0.15, 0.2) is 58.1 Å². The summed E-state index contributed by atoms with van der Waals surface area (Å²) in [5.74, 6) is 1.23. The van der Waals surface area contributed by atoms with Crippen molar-refractivity contribution >= 4 is 21.5 Å². The average Bonchev–Trinajstić information content (AvgIpc) is 3.00.